The summed E-state index contributed by atoms with van der Waals surface area (Å²) in [5, 5.41) is 13.2. The van der Waals surface area contributed by atoms with Crippen LogP contribution >= 0.6 is 15.9 Å². The Balaban J connectivity index is 1.72. The van der Waals surface area contributed by atoms with E-state index in [0.717, 1.165) is 36.0 Å². The van der Waals surface area contributed by atoms with E-state index in [1.165, 1.54) is 12.0 Å². The first kappa shape index (κ1) is 14.5. The van der Waals surface area contributed by atoms with Crippen LogP contribution in [0.15, 0.2) is 22.7 Å². The first-order chi connectivity index (χ1) is 10.7. The lowest BCUT2D eigenvalue weighted by molar-refractivity contribution is -0.139. The minimum absolute atomic E-state index is 0.0397. The summed E-state index contributed by atoms with van der Waals surface area (Å²) in [6.45, 7) is 0.928. The van der Waals surface area contributed by atoms with Crippen molar-refractivity contribution in [2.75, 3.05) is 18.5 Å². The summed E-state index contributed by atoms with van der Waals surface area (Å²) < 4.78 is 1.04. The number of hydrogen-bond acceptors (Lipinski definition) is 3. The molecule has 4 rings (SSSR count). The lowest BCUT2D eigenvalue weighted by Crippen LogP contribution is -2.45. The third-order valence-corrected chi connectivity index (χ3v) is 6.06. The zero-order chi connectivity index (χ0) is 15.3. The molecule has 0 spiro atoms. The van der Waals surface area contributed by atoms with Gasteiger partial charge in [-0.2, -0.15) is 0 Å². The van der Waals surface area contributed by atoms with Crippen molar-refractivity contribution in [3.63, 3.8) is 0 Å². The molecule has 2 heterocycles. The van der Waals surface area contributed by atoms with E-state index in [1.54, 1.807) is 0 Å². The molecule has 1 saturated heterocycles. The van der Waals surface area contributed by atoms with Crippen molar-refractivity contribution in [1.82, 2.24) is 4.90 Å². The van der Waals surface area contributed by atoms with Gasteiger partial charge >= 0.3 is 0 Å². The molecular weight excluding hydrogens is 344 g/mol. The third kappa shape index (κ3) is 2.17. The third-order valence-electron chi connectivity index (χ3n) is 5.57. The van der Waals surface area contributed by atoms with Crippen molar-refractivity contribution in [3.05, 3.63) is 28.2 Å². The molecule has 1 saturated carbocycles. The lowest BCUT2D eigenvalue weighted by Gasteiger charge is -2.41. The maximum Gasteiger partial charge on any atom is 0.226 e. The van der Waals surface area contributed by atoms with E-state index in [4.69, 9.17) is 0 Å². The second kappa shape index (κ2) is 5.53. The molecule has 0 bridgehead atoms. The van der Waals surface area contributed by atoms with E-state index in [1.807, 2.05) is 12.1 Å². The maximum absolute atomic E-state index is 12.8. The average molecular weight is 365 g/mol. The summed E-state index contributed by atoms with van der Waals surface area (Å²) in [7, 11) is 0. The Morgan fingerprint density at radius 2 is 2.18 bits per heavy atom. The predicted octanol–water partition coefficient (Wildman–Crippen LogP) is 2.93. The summed E-state index contributed by atoms with van der Waals surface area (Å²) in [5.41, 5.74) is 2.24. The largest absolute Gasteiger partial charge is 0.394 e. The van der Waals surface area contributed by atoms with Crippen LogP contribution in [0.25, 0.3) is 0 Å². The quantitative estimate of drug-likeness (QED) is 0.848. The molecular formula is C17H21BrN2O2. The molecule has 1 amide bonds. The fourth-order valence-corrected chi connectivity index (χ4v) is 4.55. The van der Waals surface area contributed by atoms with Crippen LogP contribution in [0.1, 0.15) is 37.3 Å². The second-order valence-electron chi connectivity index (χ2n) is 6.72. The van der Waals surface area contributed by atoms with Gasteiger partial charge in [-0.15, -0.1) is 0 Å². The Morgan fingerprint density at radius 1 is 1.36 bits per heavy atom. The van der Waals surface area contributed by atoms with Gasteiger partial charge in [0.2, 0.25) is 5.91 Å². The fourth-order valence-electron chi connectivity index (χ4n) is 4.17. The lowest BCUT2D eigenvalue weighted by atomic mass is 9.81. The number of nitrogens with zero attached hydrogens (tertiary/aromatic N) is 1. The molecule has 118 valence electrons. The van der Waals surface area contributed by atoms with Crippen LogP contribution < -0.4 is 5.32 Å². The number of hydrogen-bond donors (Lipinski definition) is 2. The minimum Gasteiger partial charge on any atom is -0.394 e. The highest BCUT2D eigenvalue weighted by Gasteiger charge is 2.47. The van der Waals surface area contributed by atoms with Gasteiger partial charge in [0.15, 0.2) is 0 Å². The van der Waals surface area contributed by atoms with E-state index in [-0.39, 0.29) is 24.6 Å². The van der Waals surface area contributed by atoms with Crippen LogP contribution in [0, 0.1) is 11.8 Å². The first-order valence-corrected chi connectivity index (χ1v) is 8.95. The van der Waals surface area contributed by atoms with Gasteiger partial charge < -0.3 is 15.3 Å². The summed E-state index contributed by atoms with van der Waals surface area (Å²) in [4.78, 5) is 14.9. The zero-order valence-electron chi connectivity index (χ0n) is 12.5. The molecule has 0 unspecified atom stereocenters. The van der Waals surface area contributed by atoms with Gasteiger partial charge in [0, 0.05) is 28.5 Å². The minimum atomic E-state index is 0.0397. The summed E-state index contributed by atoms with van der Waals surface area (Å²) >= 11 is 3.55. The van der Waals surface area contributed by atoms with Crippen molar-refractivity contribution >= 4 is 27.5 Å². The van der Waals surface area contributed by atoms with Crippen molar-refractivity contribution < 1.29 is 9.90 Å². The van der Waals surface area contributed by atoms with Crippen LogP contribution in [0.2, 0.25) is 0 Å². The van der Waals surface area contributed by atoms with E-state index < -0.39 is 0 Å². The van der Waals surface area contributed by atoms with Crippen LogP contribution in [0.5, 0.6) is 0 Å². The zero-order valence-corrected chi connectivity index (χ0v) is 14.1. The number of nitrogens with one attached hydrogen (secondary N) is 1. The molecule has 3 atom stereocenters. The molecule has 0 aromatic heterocycles. The van der Waals surface area contributed by atoms with Gasteiger partial charge in [-0.05, 0) is 43.0 Å². The normalized spacial score (nSPS) is 30.3. The molecule has 4 nitrogen and oxygen atoms in total. The molecule has 1 aliphatic carbocycles. The number of halogens is 1. The summed E-state index contributed by atoms with van der Waals surface area (Å²) in [5.74, 6) is 0.857. The number of benzene rings is 1. The van der Waals surface area contributed by atoms with Crippen molar-refractivity contribution in [3.8, 4) is 0 Å². The molecule has 2 aliphatic heterocycles. The number of aliphatic hydroxyl groups is 1. The smallest absolute Gasteiger partial charge is 0.226 e. The Labute approximate surface area is 139 Å². The molecule has 5 heteroatoms. The standard InChI is InChI=1S/C17H21BrN2O2/c18-11-4-5-14-13(8-11)16-12(15(9-21)19-14)6-7-20(16)17(22)10-2-1-3-10/h4-5,8,10,12,15-16,19,21H,1-3,6-7,9H2/t12-,15+,16-/m1/s1. The molecule has 2 fully saturated rings. The van der Waals surface area contributed by atoms with Crippen molar-refractivity contribution in [1.29, 1.82) is 0 Å². The molecule has 1 aromatic rings. The highest BCUT2D eigenvalue weighted by molar-refractivity contribution is 9.10. The number of anilines is 1. The molecule has 2 N–H and O–H groups in total. The predicted molar refractivity (Wildman–Crippen MR) is 88.5 cm³/mol. The van der Waals surface area contributed by atoms with Gasteiger partial charge in [0.1, 0.15) is 0 Å². The Morgan fingerprint density at radius 3 is 2.86 bits per heavy atom. The highest BCUT2D eigenvalue weighted by atomic mass is 79.9. The number of amides is 1. The molecule has 3 aliphatic rings. The Kier molecular flexibility index (Phi) is 3.65. The maximum atomic E-state index is 12.8. The SMILES string of the molecule is O=C(C1CCC1)N1CC[C@@H]2[C@H](CO)Nc3ccc(Br)cc3[C@@H]21. The second-order valence-corrected chi connectivity index (χ2v) is 7.64. The van der Waals surface area contributed by atoms with Crippen LogP contribution in [-0.4, -0.2) is 35.1 Å². The number of aliphatic hydroxyl groups excluding tert-OH is 1. The summed E-state index contributed by atoms with van der Waals surface area (Å²) in [6.07, 6.45) is 4.23. The van der Waals surface area contributed by atoms with Crippen LogP contribution in [0.4, 0.5) is 5.69 Å². The highest BCUT2D eigenvalue weighted by Crippen LogP contribution is 2.48. The van der Waals surface area contributed by atoms with Crippen molar-refractivity contribution in [2.45, 2.75) is 37.8 Å². The molecule has 0 radical (unpaired) electrons. The van der Waals surface area contributed by atoms with Crippen molar-refractivity contribution in [2.24, 2.45) is 11.8 Å². The van der Waals surface area contributed by atoms with Gasteiger partial charge in [-0.25, -0.2) is 0 Å². The topological polar surface area (TPSA) is 52.6 Å². The van der Waals surface area contributed by atoms with Gasteiger partial charge in [0.25, 0.3) is 0 Å². The van der Waals surface area contributed by atoms with Crippen LogP contribution in [0.3, 0.4) is 0 Å². The number of carbonyl (C=O) groups is 1. The van der Waals surface area contributed by atoms with Gasteiger partial charge in [0.05, 0.1) is 18.7 Å². The molecule has 1 aromatic carbocycles. The fraction of sp³-hybridized carbons (Fsp3) is 0.588. The number of fused-ring (bicyclic) bond motifs is 3. The van der Waals surface area contributed by atoms with Gasteiger partial charge in [-0.3, -0.25) is 4.79 Å². The number of carbonyl (C=O) groups excluding carboxylic acids is 1. The Hall–Kier alpha value is -1.07. The Bertz CT molecular complexity index is 602. The van der Waals surface area contributed by atoms with E-state index in [9.17, 15) is 9.90 Å². The average Bonchev–Trinajstić information content (AvgIpc) is 2.90. The van der Waals surface area contributed by atoms with E-state index in [0.29, 0.717) is 11.8 Å². The van der Waals surface area contributed by atoms with E-state index in [2.05, 4.69) is 32.2 Å². The van der Waals surface area contributed by atoms with Gasteiger partial charge in [-0.1, -0.05) is 22.4 Å². The number of likely N-dealkylation sites (tertiary alicyclic amines) is 1. The monoisotopic (exact) mass is 364 g/mol. The summed E-state index contributed by atoms with van der Waals surface area (Å²) in [6, 6.07) is 6.33. The number of rotatable bonds is 2. The van der Waals surface area contributed by atoms with E-state index >= 15 is 0 Å². The van der Waals surface area contributed by atoms with Crippen LogP contribution in [-0.2, 0) is 4.79 Å². The molecule has 22 heavy (non-hydrogen) atoms. The first-order valence-electron chi connectivity index (χ1n) is 8.16.